The Balaban J connectivity index is 1.57. The topological polar surface area (TPSA) is 110 Å². The second kappa shape index (κ2) is 10.7. The zero-order valence-corrected chi connectivity index (χ0v) is 20.9. The molecular formula is C24H33N3O5S2. The van der Waals surface area contributed by atoms with Gasteiger partial charge in [-0.25, -0.2) is 22.0 Å². The van der Waals surface area contributed by atoms with Crippen LogP contribution in [0.4, 0.5) is 0 Å². The molecule has 186 valence electrons. The molecule has 34 heavy (non-hydrogen) atoms. The van der Waals surface area contributed by atoms with Crippen molar-refractivity contribution in [2.24, 2.45) is 5.14 Å². The molecule has 2 aromatic rings. The van der Waals surface area contributed by atoms with E-state index in [4.69, 9.17) is 9.88 Å². The van der Waals surface area contributed by atoms with Gasteiger partial charge in [-0.1, -0.05) is 18.6 Å². The lowest BCUT2D eigenvalue weighted by molar-refractivity contribution is 0.131. The van der Waals surface area contributed by atoms with E-state index in [2.05, 4.69) is 17.0 Å². The van der Waals surface area contributed by atoms with Crippen molar-refractivity contribution in [1.29, 1.82) is 0 Å². The number of hydrogen-bond donors (Lipinski definition) is 1. The quantitative estimate of drug-likeness (QED) is 0.684. The number of fused-ring (bicyclic) bond motifs is 3. The molecule has 0 amide bonds. The number of rotatable bonds is 3. The van der Waals surface area contributed by atoms with Crippen LogP contribution in [0.2, 0.25) is 0 Å². The van der Waals surface area contributed by atoms with Gasteiger partial charge in [-0.05, 0) is 80.6 Å². The average Bonchev–Trinajstić information content (AvgIpc) is 2.82. The van der Waals surface area contributed by atoms with Crippen molar-refractivity contribution in [1.82, 2.24) is 9.21 Å². The molecule has 1 fully saturated rings. The summed E-state index contributed by atoms with van der Waals surface area (Å²) in [6, 6.07) is 13.7. The van der Waals surface area contributed by atoms with Crippen molar-refractivity contribution in [3.63, 3.8) is 0 Å². The molecular weight excluding hydrogens is 474 g/mol. The molecule has 0 saturated carbocycles. The highest BCUT2D eigenvalue weighted by Crippen LogP contribution is 2.24. The molecule has 0 radical (unpaired) electrons. The first-order chi connectivity index (χ1) is 16.2. The molecule has 4 rings (SSSR count). The molecule has 0 spiro atoms. The number of sulfonamides is 2. The Morgan fingerprint density at radius 3 is 2.35 bits per heavy atom. The maximum Gasteiger partial charge on any atom is 0.243 e. The third-order valence-corrected chi connectivity index (χ3v) is 9.50. The van der Waals surface area contributed by atoms with Crippen molar-refractivity contribution in [3.8, 4) is 5.75 Å². The van der Waals surface area contributed by atoms with E-state index in [-0.39, 0.29) is 9.79 Å². The first-order valence-electron chi connectivity index (χ1n) is 11.8. The van der Waals surface area contributed by atoms with Crippen LogP contribution in [0, 0.1) is 0 Å². The van der Waals surface area contributed by atoms with Crippen LogP contribution in [-0.2, 0) is 26.5 Å². The molecule has 2 heterocycles. The molecule has 0 aliphatic carbocycles. The van der Waals surface area contributed by atoms with Crippen LogP contribution in [-0.4, -0.2) is 64.9 Å². The van der Waals surface area contributed by atoms with Gasteiger partial charge in [-0.3, -0.25) is 4.90 Å². The fraction of sp³-hybridized carbons (Fsp3) is 0.500. The van der Waals surface area contributed by atoms with Crippen molar-refractivity contribution >= 4 is 20.0 Å². The zero-order valence-electron chi connectivity index (χ0n) is 19.3. The molecule has 0 aromatic heterocycles. The molecule has 2 aliphatic heterocycles. The van der Waals surface area contributed by atoms with E-state index in [1.807, 2.05) is 12.1 Å². The van der Waals surface area contributed by atoms with Gasteiger partial charge in [0.25, 0.3) is 0 Å². The van der Waals surface area contributed by atoms with Gasteiger partial charge in [0, 0.05) is 25.7 Å². The Kier molecular flexibility index (Phi) is 7.94. The monoisotopic (exact) mass is 507 g/mol. The van der Waals surface area contributed by atoms with Gasteiger partial charge >= 0.3 is 0 Å². The molecule has 1 saturated heterocycles. The van der Waals surface area contributed by atoms with Crippen molar-refractivity contribution in [2.75, 3.05) is 32.8 Å². The number of ether oxygens (including phenoxy) is 1. The van der Waals surface area contributed by atoms with Crippen molar-refractivity contribution < 1.29 is 21.6 Å². The van der Waals surface area contributed by atoms with E-state index in [1.165, 1.54) is 40.6 Å². The van der Waals surface area contributed by atoms with Gasteiger partial charge in [-0.2, -0.15) is 4.31 Å². The highest BCUT2D eigenvalue weighted by atomic mass is 32.2. The van der Waals surface area contributed by atoms with E-state index >= 15 is 0 Å². The first kappa shape index (κ1) is 25.1. The number of primary sulfonamides is 1. The molecule has 1 atom stereocenters. The van der Waals surface area contributed by atoms with Crippen LogP contribution in [0.1, 0.15) is 37.7 Å². The SMILES string of the molecule is NS(=O)(=O)c1ccc(S(=O)(=O)N2CCCOc3cccc(c3)CCC3CCCCN3CC2)cc1. The Hall–Kier alpha value is -1.98. The van der Waals surface area contributed by atoms with Crippen LogP contribution in [0.5, 0.6) is 5.75 Å². The Labute approximate surface area is 202 Å². The van der Waals surface area contributed by atoms with Crippen molar-refractivity contribution in [2.45, 2.75) is 54.4 Å². The van der Waals surface area contributed by atoms with Crippen LogP contribution in [0.15, 0.2) is 58.3 Å². The Bertz CT molecular complexity index is 1180. The number of hydrogen-bond acceptors (Lipinski definition) is 6. The minimum atomic E-state index is -3.89. The van der Waals surface area contributed by atoms with Gasteiger partial charge in [0.05, 0.1) is 16.4 Å². The average molecular weight is 508 g/mol. The van der Waals surface area contributed by atoms with E-state index in [1.54, 1.807) is 0 Å². The second-order valence-corrected chi connectivity index (χ2v) is 12.5. The smallest absolute Gasteiger partial charge is 0.243 e. The number of nitrogens with two attached hydrogens (primary N) is 1. The minimum absolute atomic E-state index is 0.0600. The standard InChI is InChI=1S/C24H33N3O5S2/c25-33(28,29)23-10-12-24(13-11-23)34(30,31)27-15-4-18-32-22-7-3-5-20(19-22)8-9-21-6-1-2-14-26(21)16-17-27/h3,5,7,10-13,19,21H,1-2,4,6,8-9,14-18H2,(H2,25,28,29). The highest BCUT2D eigenvalue weighted by Gasteiger charge is 2.28. The maximum atomic E-state index is 13.5. The molecule has 2 aliphatic rings. The van der Waals surface area contributed by atoms with Gasteiger partial charge < -0.3 is 4.74 Å². The normalized spacial score (nSPS) is 21.7. The zero-order chi connectivity index (χ0) is 24.2. The van der Waals surface area contributed by atoms with Crippen LogP contribution < -0.4 is 9.88 Å². The van der Waals surface area contributed by atoms with E-state index in [0.717, 1.165) is 38.0 Å². The van der Waals surface area contributed by atoms with Crippen LogP contribution in [0.25, 0.3) is 0 Å². The lowest BCUT2D eigenvalue weighted by Crippen LogP contribution is -2.45. The number of benzene rings is 2. The van der Waals surface area contributed by atoms with E-state index < -0.39 is 20.0 Å². The number of nitrogens with zero attached hydrogens (tertiary/aromatic N) is 2. The van der Waals surface area contributed by atoms with Crippen LogP contribution in [0.3, 0.4) is 0 Å². The third-order valence-electron chi connectivity index (χ3n) is 6.66. The van der Waals surface area contributed by atoms with Crippen molar-refractivity contribution in [3.05, 3.63) is 54.1 Å². The van der Waals surface area contributed by atoms with Gasteiger partial charge in [0.2, 0.25) is 20.0 Å². The summed E-state index contributed by atoms with van der Waals surface area (Å²) in [6.07, 6.45) is 5.99. The first-order valence-corrected chi connectivity index (χ1v) is 14.8. The van der Waals surface area contributed by atoms with Gasteiger partial charge in [-0.15, -0.1) is 0 Å². The van der Waals surface area contributed by atoms with Crippen LogP contribution >= 0.6 is 0 Å². The summed E-state index contributed by atoms with van der Waals surface area (Å²) in [7, 11) is -7.70. The Morgan fingerprint density at radius 2 is 1.59 bits per heavy atom. The molecule has 2 bridgehead atoms. The molecule has 2 N–H and O–H groups in total. The summed E-state index contributed by atoms with van der Waals surface area (Å²) in [5, 5.41) is 5.16. The van der Waals surface area contributed by atoms with E-state index in [0.29, 0.717) is 38.7 Å². The summed E-state index contributed by atoms with van der Waals surface area (Å²) in [5.74, 6) is 0.808. The Morgan fingerprint density at radius 1 is 0.824 bits per heavy atom. The van der Waals surface area contributed by atoms with Gasteiger partial charge in [0.1, 0.15) is 5.75 Å². The third kappa shape index (κ3) is 6.17. The molecule has 2 aromatic carbocycles. The van der Waals surface area contributed by atoms with E-state index in [9.17, 15) is 16.8 Å². The highest BCUT2D eigenvalue weighted by molar-refractivity contribution is 7.89. The summed E-state index contributed by atoms with van der Waals surface area (Å²) in [4.78, 5) is 2.38. The largest absolute Gasteiger partial charge is 0.494 e. The summed E-state index contributed by atoms with van der Waals surface area (Å²) >= 11 is 0. The van der Waals surface area contributed by atoms with Gasteiger partial charge in [0.15, 0.2) is 0 Å². The predicted molar refractivity (Wildman–Crippen MR) is 131 cm³/mol. The fourth-order valence-electron chi connectivity index (χ4n) is 4.78. The molecule has 8 nitrogen and oxygen atoms in total. The summed E-state index contributed by atoms with van der Waals surface area (Å²) in [6.45, 7) is 2.75. The minimum Gasteiger partial charge on any atom is -0.494 e. The summed E-state index contributed by atoms with van der Waals surface area (Å²) in [5.41, 5.74) is 1.27. The lowest BCUT2D eigenvalue weighted by Gasteiger charge is -2.37. The second-order valence-electron chi connectivity index (χ2n) is 8.99. The lowest BCUT2D eigenvalue weighted by atomic mass is 9.95. The molecule has 10 heteroatoms. The number of piperidine rings is 1. The number of aryl methyl sites for hydroxylation is 1. The molecule has 1 unspecified atom stereocenters. The fourth-order valence-corrected chi connectivity index (χ4v) is 6.76. The predicted octanol–water partition coefficient (Wildman–Crippen LogP) is 2.59. The summed E-state index contributed by atoms with van der Waals surface area (Å²) < 4.78 is 57.5. The maximum absolute atomic E-state index is 13.5.